The molecule has 6 heteroatoms. The van der Waals surface area contributed by atoms with Crippen LogP contribution in [0.1, 0.15) is 34.7 Å². The number of nitrogens with zero attached hydrogens (tertiary/aromatic N) is 3. The van der Waals surface area contributed by atoms with E-state index in [0.29, 0.717) is 17.9 Å². The zero-order valence-electron chi connectivity index (χ0n) is 10.1. The molecule has 1 aromatic carbocycles. The average Bonchev–Trinajstić information content (AvgIpc) is 2.78. The molecular formula is C12H15N5O. The smallest absolute Gasteiger partial charge is 0.249 e. The predicted octanol–water partition coefficient (Wildman–Crippen LogP) is 0.445. The molecule has 0 fully saturated rings. The van der Waals surface area contributed by atoms with Gasteiger partial charge in [0.05, 0.1) is 12.6 Å². The Balaban J connectivity index is 2.25. The number of hydrogen-bond acceptors (Lipinski definition) is 4. The number of nitrogens with two attached hydrogens (primary N) is 2. The van der Waals surface area contributed by atoms with Gasteiger partial charge in [-0.2, -0.15) is 5.10 Å². The fourth-order valence-electron chi connectivity index (χ4n) is 1.67. The van der Waals surface area contributed by atoms with Gasteiger partial charge in [0.15, 0.2) is 5.82 Å². The number of rotatable bonds is 4. The van der Waals surface area contributed by atoms with Crippen LogP contribution in [0.3, 0.4) is 0 Å². The van der Waals surface area contributed by atoms with Crippen LogP contribution in [0.15, 0.2) is 30.6 Å². The van der Waals surface area contributed by atoms with Crippen LogP contribution in [0.2, 0.25) is 0 Å². The fourth-order valence-corrected chi connectivity index (χ4v) is 1.67. The Morgan fingerprint density at radius 1 is 1.44 bits per heavy atom. The van der Waals surface area contributed by atoms with Crippen LogP contribution >= 0.6 is 0 Å². The molecule has 6 nitrogen and oxygen atoms in total. The van der Waals surface area contributed by atoms with Crippen LogP contribution in [0.25, 0.3) is 0 Å². The first-order valence-corrected chi connectivity index (χ1v) is 5.60. The minimum absolute atomic E-state index is 0.211. The largest absolute Gasteiger partial charge is 0.366 e. The number of amides is 1. The summed E-state index contributed by atoms with van der Waals surface area (Å²) in [5.41, 5.74) is 12.3. The van der Waals surface area contributed by atoms with Crippen molar-refractivity contribution < 1.29 is 4.79 Å². The first-order valence-electron chi connectivity index (χ1n) is 5.60. The van der Waals surface area contributed by atoms with Crippen LogP contribution in [0.5, 0.6) is 0 Å². The molecular weight excluding hydrogens is 230 g/mol. The molecule has 0 bridgehead atoms. The maximum absolute atomic E-state index is 11.3. The Kier molecular flexibility index (Phi) is 3.38. The van der Waals surface area contributed by atoms with E-state index in [1.807, 2.05) is 19.1 Å². The molecule has 1 atom stereocenters. The molecule has 0 radical (unpaired) electrons. The molecule has 0 saturated heterocycles. The summed E-state index contributed by atoms with van der Waals surface area (Å²) in [5, 5.41) is 4.23. The quantitative estimate of drug-likeness (QED) is 0.816. The van der Waals surface area contributed by atoms with Gasteiger partial charge in [-0.15, -0.1) is 0 Å². The van der Waals surface area contributed by atoms with E-state index in [0.717, 1.165) is 5.56 Å². The van der Waals surface area contributed by atoms with Gasteiger partial charge in [-0.3, -0.25) is 4.79 Å². The fraction of sp³-hybridized carbons (Fsp3) is 0.250. The molecule has 2 rings (SSSR count). The number of hydrogen-bond donors (Lipinski definition) is 2. The molecule has 1 aromatic heterocycles. The van der Waals surface area contributed by atoms with Crippen LogP contribution in [0.4, 0.5) is 0 Å². The Labute approximate surface area is 105 Å². The third kappa shape index (κ3) is 2.54. The van der Waals surface area contributed by atoms with Crippen molar-refractivity contribution in [1.82, 2.24) is 14.8 Å². The van der Waals surface area contributed by atoms with Crippen molar-refractivity contribution in [2.45, 2.75) is 19.5 Å². The molecule has 1 amide bonds. The highest BCUT2D eigenvalue weighted by molar-refractivity contribution is 5.94. The maximum atomic E-state index is 11.3. The summed E-state index contributed by atoms with van der Waals surface area (Å²) in [6, 6.07) is 6.95. The lowest BCUT2D eigenvalue weighted by atomic mass is 10.1. The molecule has 0 aliphatic heterocycles. The Bertz CT molecular complexity index is 561. The van der Waals surface area contributed by atoms with E-state index in [-0.39, 0.29) is 6.04 Å². The van der Waals surface area contributed by atoms with Crippen molar-refractivity contribution in [3.63, 3.8) is 0 Å². The second kappa shape index (κ2) is 4.97. The molecule has 0 spiro atoms. The van der Waals surface area contributed by atoms with Crippen molar-refractivity contribution in [2.75, 3.05) is 0 Å². The Morgan fingerprint density at radius 2 is 2.17 bits per heavy atom. The number of carbonyl (C=O) groups excluding carboxylic acids is 1. The monoisotopic (exact) mass is 245 g/mol. The summed E-state index contributed by atoms with van der Waals surface area (Å²) < 4.78 is 1.64. The van der Waals surface area contributed by atoms with E-state index in [1.54, 1.807) is 23.1 Å². The average molecular weight is 245 g/mol. The minimum Gasteiger partial charge on any atom is -0.366 e. The van der Waals surface area contributed by atoms with Gasteiger partial charge in [0, 0.05) is 5.56 Å². The van der Waals surface area contributed by atoms with Gasteiger partial charge in [0.25, 0.3) is 0 Å². The molecule has 2 aromatic rings. The second-order valence-electron chi connectivity index (χ2n) is 4.11. The first-order chi connectivity index (χ1) is 8.58. The minimum atomic E-state index is -0.446. The molecule has 1 heterocycles. The third-order valence-corrected chi connectivity index (χ3v) is 2.58. The predicted molar refractivity (Wildman–Crippen MR) is 66.7 cm³/mol. The molecule has 1 unspecified atom stereocenters. The lowest BCUT2D eigenvalue weighted by Gasteiger charge is -2.06. The van der Waals surface area contributed by atoms with E-state index >= 15 is 0 Å². The van der Waals surface area contributed by atoms with Crippen molar-refractivity contribution in [3.8, 4) is 0 Å². The van der Waals surface area contributed by atoms with Crippen LogP contribution in [-0.2, 0) is 6.54 Å². The molecule has 0 aliphatic rings. The van der Waals surface area contributed by atoms with Gasteiger partial charge in [-0.25, -0.2) is 9.67 Å². The lowest BCUT2D eigenvalue weighted by Crippen LogP contribution is -2.15. The normalized spacial score (nSPS) is 12.3. The van der Waals surface area contributed by atoms with Crippen LogP contribution in [0, 0.1) is 0 Å². The summed E-state index contributed by atoms with van der Waals surface area (Å²) in [6.07, 6.45) is 1.59. The van der Waals surface area contributed by atoms with E-state index in [9.17, 15) is 4.79 Å². The van der Waals surface area contributed by atoms with Gasteiger partial charge in [0.2, 0.25) is 5.91 Å². The van der Waals surface area contributed by atoms with E-state index < -0.39 is 5.91 Å². The SMILES string of the molecule is CC(N)c1ncn(Cc2ccccc2C(N)=O)n1. The van der Waals surface area contributed by atoms with E-state index in [4.69, 9.17) is 11.5 Å². The van der Waals surface area contributed by atoms with Gasteiger partial charge in [-0.1, -0.05) is 18.2 Å². The highest BCUT2D eigenvalue weighted by atomic mass is 16.1. The van der Waals surface area contributed by atoms with Gasteiger partial charge in [-0.05, 0) is 18.6 Å². The Morgan fingerprint density at radius 3 is 2.78 bits per heavy atom. The van der Waals surface area contributed by atoms with Gasteiger partial charge < -0.3 is 11.5 Å². The third-order valence-electron chi connectivity index (χ3n) is 2.58. The van der Waals surface area contributed by atoms with E-state index in [1.165, 1.54) is 0 Å². The van der Waals surface area contributed by atoms with Crippen molar-refractivity contribution in [2.24, 2.45) is 11.5 Å². The maximum Gasteiger partial charge on any atom is 0.249 e. The van der Waals surface area contributed by atoms with E-state index in [2.05, 4.69) is 10.1 Å². The van der Waals surface area contributed by atoms with Crippen molar-refractivity contribution in [3.05, 3.63) is 47.5 Å². The number of benzene rings is 1. The highest BCUT2D eigenvalue weighted by Crippen LogP contribution is 2.10. The van der Waals surface area contributed by atoms with Gasteiger partial charge >= 0.3 is 0 Å². The highest BCUT2D eigenvalue weighted by Gasteiger charge is 2.10. The molecule has 0 saturated carbocycles. The van der Waals surface area contributed by atoms with Crippen LogP contribution in [-0.4, -0.2) is 20.7 Å². The molecule has 4 N–H and O–H groups in total. The summed E-state index contributed by atoms with van der Waals surface area (Å²) in [6.45, 7) is 2.26. The number of primary amides is 1. The van der Waals surface area contributed by atoms with Crippen molar-refractivity contribution in [1.29, 1.82) is 0 Å². The van der Waals surface area contributed by atoms with Gasteiger partial charge in [0.1, 0.15) is 6.33 Å². The summed E-state index contributed by atoms with van der Waals surface area (Å²) in [5.74, 6) is 0.129. The Hall–Kier alpha value is -2.21. The van der Waals surface area contributed by atoms with Crippen LogP contribution < -0.4 is 11.5 Å². The number of aromatic nitrogens is 3. The second-order valence-corrected chi connectivity index (χ2v) is 4.11. The summed E-state index contributed by atoms with van der Waals surface area (Å²) >= 11 is 0. The standard InChI is InChI=1S/C12H15N5O/c1-8(13)12-15-7-17(16-12)6-9-4-2-3-5-10(9)11(14)18/h2-5,7-8H,6,13H2,1H3,(H2,14,18). The summed E-state index contributed by atoms with van der Waals surface area (Å²) in [4.78, 5) is 15.4. The number of carbonyl (C=O) groups is 1. The topological polar surface area (TPSA) is 99.8 Å². The summed E-state index contributed by atoms with van der Waals surface area (Å²) in [7, 11) is 0. The van der Waals surface area contributed by atoms with Crippen molar-refractivity contribution >= 4 is 5.91 Å². The molecule has 18 heavy (non-hydrogen) atoms. The molecule has 0 aliphatic carbocycles. The lowest BCUT2D eigenvalue weighted by molar-refractivity contribution is 0.0999. The first kappa shape index (κ1) is 12.3. The zero-order chi connectivity index (χ0) is 13.1. The molecule has 94 valence electrons. The zero-order valence-corrected chi connectivity index (χ0v) is 10.1.